The summed E-state index contributed by atoms with van der Waals surface area (Å²) in [6.07, 6.45) is 0. The summed E-state index contributed by atoms with van der Waals surface area (Å²) in [5, 5.41) is 3.93. The van der Waals surface area contributed by atoms with Gasteiger partial charge in [0.25, 0.3) is 0 Å². The molecule has 0 aromatic heterocycles. The Kier molecular flexibility index (Phi) is 2.43. The lowest BCUT2D eigenvalue weighted by Gasteiger charge is -2.13. The number of fused-ring (bicyclic) bond motifs is 1. The van der Waals surface area contributed by atoms with Gasteiger partial charge >= 0.3 is 0 Å². The van der Waals surface area contributed by atoms with Crippen LogP contribution in [0.25, 0.3) is 10.8 Å². The first-order valence-electron chi connectivity index (χ1n) is 4.64. The standard InChI is InChI=1S/C12H14NP/c1-14(2)12-10-6-4-3-5-9(10)7-8-11(12)13/h3-8H,13H2,1-2H3. The third-order valence-electron chi connectivity index (χ3n) is 2.38. The van der Waals surface area contributed by atoms with Crippen molar-refractivity contribution in [2.45, 2.75) is 0 Å². The summed E-state index contributed by atoms with van der Waals surface area (Å²) in [6.45, 7) is 4.49. The number of hydrogen-bond acceptors (Lipinski definition) is 1. The fraction of sp³-hybridized carbons (Fsp3) is 0.167. The highest BCUT2D eigenvalue weighted by atomic mass is 31.1. The first-order chi connectivity index (χ1) is 6.70. The van der Waals surface area contributed by atoms with E-state index >= 15 is 0 Å². The van der Waals surface area contributed by atoms with Crippen molar-refractivity contribution in [3.05, 3.63) is 36.4 Å². The summed E-state index contributed by atoms with van der Waals surface area (Å²) in [4.78, 5) is 0. The minimum Gasteiger partial charge on any atom is -0.398 e. The van der Waals surface area contributed by atoms with E-state index in [1.54, 1.807) is 0 Å². The summed E-state index contributed by atoms with van der Waals surface area (Å²) >= 11 is 0. The first kappa shape index (κ1) is 9.48. The van der Waals surface area contributed by atoms with E-state index in [0.29, 0.717) is 0 Å². The number of hydrogen-bond donors (Lipinski definition) is 1. The van der Waals surface area contributed by atoms with Gasteiger partial charge in [-0.2, -0.15) is 0 Å². The fourth-order valence-corrected chi connectivity index (χ4v) is 3.05. The third kappa shape index (κ3) is 1.49. The average Bonchev–Trinajstić information content (AvgIpc) is 2.17. The van der Waals surface area contributed by atoms with Crippen LogP contribution in [0.3, 0.4) is 0 Å². The van der Waals surface area contributed by atoms with Gasteiger partial charge in [-0.15, -0.1) is 0 Å². The zero-order chi connectivity index (χ0) is 10.1. The monoisotopic (exact) mass is 203 g/mol. The molecule has 0 saturated heterocycles. The molecule has 0 amide bonds. The maximum atomic E-state index is 6.00. The highest BCUT2D eigenvalue weighted by Crippen LogP contribution is 2.31. The molecule has 0 fully saturated rings. The molecule has 0 unspecified atom stereocenters. The lowest BCUT2D eigenvalue weighted by molar-refractivity contribution is 1.76. The smallest absolute Gasteiger partial charge is 0.0398 e. The van der Waals surface area contributed by atoms with E-state index < -0.39 is 0 Å². The number of rotatable bonds is 1. The molecule has 0 spiro atoms. The van der Waals surface area contributed by atoms with E-state index in [0.717, 1.165) is 5.69 Å². The highest BCUT2D eigenvalue weighted by Gasteiger charge is 2.07. The molecular formula is C12H14NP. The number of benzene rings is 2. The van der Waals surface area contributed by atoms with Gasteiger partial charge in [0.1, 0.15) is 0 Å². The fourth-order valence-electron chi connectivity index (χ4n) is 1.77. The van der Waals surface area contributed by atoms with Crippen LogP contribution < -0.4 is 11.0 Å². The van der Waals surface area contributed by atoms with Crippen LogP contribution in [0.1, 0.15) is 0 Å². The van der Waals surface area contributed by atoms with Crippen molar-refractivity contribution >= 4 is 29.7 Å². The molecule has 0 atom stereocenters. The van der Waals surface area contributed by atoms with Gasteiger partial charge in [-0.05, 0) is 30.2 Å². The van der Waals surface area contributed by atoms with E-state index in [4.69, 9.17) is 5.73 Å². The third-order valence-corrected chi connectivity index (χ3v) is 3.77. The van der Waals surface area contributed by atoms with Gasteiger partial charge in [-0.3, -0.25) is 0 Å². The predicted molar refractivity (Wildman–Crippen MR) is 66.8 cm³/mol. The van der Waals surface area contributed by atoms with Crippen LogP contribution in [0.4, 0.5) is 5.69 Å². The Morgan fingerprint density at radius 3 is 2.43 bits per heavy atom. The Labute approximate surface area is 85.7 Å². The van der Waals surface area contributed by atoms with Crippen LogP contribution in [-0.2, 0) is 0 Å². The summed E-state index contributed by atoms with van der Waals surface area (Å²) in [5.74, 6) is 0. The topological polar surface area (TPSA) is 26.0 Å². The van der Waals surface area contributed by atoms with Crippen LogP contribution in [-0.4, -0.2) is 13.3 Å². The van der Waals surface area contributed by atoms with Crippen LogP contribution in [0.15, 0.2) is 36.4 Å². The van der Waals surface area contributed by atoms with Crippen molar-refractivity contribution < 1.29 is 0 Å². The van der Waals surface area contributed by atoms with E-state index in [-0.39, 0.29) is 7.92 Å². The molecule has 0 bridgehead atoms. The van der Waals surface area contributed by atoms with Crippen molar-refractivity contribution in [1.82, 2.24) is 0 Å². The average molecular weight is 203 g/mol. The summed E-state index contributed by atoms with van der Waals surface area (Å²) in [5.41, 5.74) is 6.93. The Hall–Kier alpha value is -1.07. The van der Waals surface area contributed by atoms with Gasteiger partial charge in [-0.1, -0.05) is 38.3 Å². The van der Waals surface area contributed by atoms with E-state index in [9.17, 15) is 0 Å². The molecule has 14 heavy (non-hydrogen) atoms. The zero-order valence-electron chi connectivity index (χ0n) is 8.49. The molecule has 72 valence electrons. The second kappa shape index (κ2) is 3.59. The molecule has 0 heterocycles. The van der Waals surface area contributed by atoms with Crippen LogP contribution in [0.2, 0.25) is 0 Å². The second-order valence-corrected chi connectivity index (χ2v) is 5.86. The van der Waals surface area contributed by atoms with Gasteiger partial charge in [0, 0.05) is 11.0 Å². The summed E-state index contributed by atoms with van der Waals surface area (Å²) in [6, 6.07) is 12.5. The number of nitrogen functional groups attached to an aromatic ring is 1. The van der Waals surface area contributed by atoms with Crippen LogP contribution in [0, 0.1) is 0 Å². The minimum absolute atomic E-state index is 0.141. The summed E-state index contributed by atoms with van der Waals surface area (Å²) in [7, 11) is -0.141. The minimum atomic E-state index is -0.141. The van der Waals surface area contributed by atoms with Crippen LogP contribution in [0.5, 0.6) is 0 Å². The van der Waals surface area contributed by atoms with Crippen molar-refractivity contribution in [2.24, 2.45) is 0 Å². The Morgan fingerprint density at radius 1 is 1.00 bits per heavy atom. The second-order valence-electron chi connectivity index (χ2n) is 3.62. The SMILES string of the molecule is CP(C)c1c(N)ccc2ccccc12. The zero-order valence-corrected chi connectivity index (χ0v) is 9.38. The number of nitrogens with two attached hydrogens (primary N) is 1. The largest absolute Gasteiger partial charge is 0.398 e. The molecule has 2 aromatic carbocycles. The van der Waals surface area contributed by atoms with Gasteiger partial charge < -0.3 is 5.73 Å². The van der Waals surface area contributed by atoms with Crippen LogP contribution >= 0.6 is 7.92 Å². The molecule has 0 aliphatic carbocycles. The molecule has 2 aromatic rings. The van der Waals surface area contributed by atoms with Crippen molar-refractivity contribution in [3.8, 4) is 0 Å². The highest BCUT2D eigenvalue weighted by molar-refractivity contribution is 7.65. The molecular weight excluding hydrogens is 189 g/mol. The number of anilines is 1. The van der Waals surface area contributed by atoms with E-state index in [2.05, 4.69) is 43.7 Å². The quantitative estimate of drug-likeness (QED) is 0.559. The lowest BCUT2D eigenvalue weighted by atomic mass is 10.1. The maximum absolute atomic E-state index is 6.00. The lowest BCUT2D eigenvalue weighted by Crippen LogP contribution is -2.08. The van der Waals surface area contributed by atoms with Gasteiger partial charge in [0.05, 0.1) is 0 Å². The molecule has 1 nitrogen and oxygen atoms in total. The van der Waals surface area contributed by atoms with Crippen molar-refractivity contribution in [3.63, 3.8) is 0 Å². The summed E-state index contributed by atoms with van der Waals surface area (Å²) < 4.78 is 0. The maximum Gasteiger partial charge on any atom is 0.0398 e. The molecule has 0 saturated carbocycles. The van der Waals surface area contributed by atoms with Gasteiger partial charge in [0.2, 0.25) is 0 Å². The molecule has 0 aliphatic heterocycles. The molecule has 2 N–H and O–H groups in total. The van der Waals surface area contributed by atoms with E-state index in [1.165, 1.54) is 16.1 Å². The van der Waals surface area contributed by atoms with Gasteiger partial charge in [-0.25, -0.2) is 0 Å². The Balaban J connectivity index is 2.83. The first-order valence-corrected chi connectivity index (χ1v) is 6.88. The predicted octanol–water partition coefficient (Wildman–Crippen LogP) is 2.79. The van der Waals surface area contributed by atoms with Crippen molar-refractivity contribution in [2.75, 3.05) is 19.1 Å². The molecule has 2 rings (SSSR count). The molecule has 2 heteroatoms. The Bertz CT molecular complexity index is 463. The van der Waals surface area contributed by atoms with Crippen molar-refractivity contribution in [1.29, 1.82) is 0 Å². The van der Waals surface area contributed by atoms with Gasteiger partial charge in [0.15, 0.2) is 0 Å². The molecule has 0 radical (unpaired) electrons. The Morgan fingerprint density at radius 2 is 1.71 bits per heavy atom. The molecule has 0 aliphatic rings. The van der Waals surface area contributed by atoms with E-state index in [1.807, 2.05) is 6.07 Å². The normalized spacial score (nSPS) is 11.1.